The Balaban J connectivity index is 3.06. The van der Waals surface area contributed by atoms with Gasteiger partial charge in [-0.1, -0.05) is 0 Å². The third kappa shape index (κ3) is 4.96. The molecule has 1 rings (SSSR count). The predicted octanol–water partition coefficient (Wildman–Crippen LogP) is 2.16. The molecule has 0 saturated heterocycles. The number of rotatable bonds is 4. The van der Waals surface area contributed by atoms with Crippen LogP contribution in [-0.4, -0.2) is 35.0 Å². The van der Waals surface area contributed by atoms with Crippen LogP contribution < -0.4 is 10.1 Å². The Hall–Kier alpha value is -2.28. The van der Waals surface area contributed by atoms with E-state index in [0.717, 1.165) is 0 Å². The molecule has 0 spiro atoms. The fraction of sp³-hybridized carbons (Fsp3) is 0.429. The van der Waals surface area contributed by atoms with Crippen LogP contribution in [0.5, 0.6) is 5.75 Å². The summed E-state index contributed by atoms with van der Waals surface area (Å²) in [4.78, 5) is 22.7. The third-order valence-electron chi connectivity index (χ3n) is 2.42. The second-order valence-electron chi connectivity index (χ2n) is 5.32. The number of benzene rings is 1. The minimum absolute atomic E-state index is 0.00714. The van der Waals surface area contributed by atoms with Gasteiger partial charge in [-0.2, -0.15) is 0 Å². The lowest BCUT2D eigenvalue weighted by atomic mass is 10.1. The minimum Gasteiger partial charge on any atom is -0.497 e. The monoisotopic (exact) mass is 297 g/mol. The lowest BCUT2D eigenvalue weighted by Crippen LogP contribution is -2.28. The molecule has 1 aromatic carbocycles. The molecule has 0 bridgehead atoms. The molecule has 0 saturated carbocycles. The van der Waals surface area contributed by atoms with Crippen molar-refractivity contribution in [3.8, 4) is 5.75 Å². The quantitative estimate of drug-likeness (QED) is 0.786. The van der Waals surface area contributed by atoms with Crippen LogP contribution in [0.15, 0.2) is 18.2 Å². The van der Waals surface area contributed by atoms with Crippen LogP contribution in [0, 0.1) is 0 Å². The van der Waals surface area contributed by atoms with E-state index >= 15 is 0 Å². The van der Waals surface area contributed by atoms with Crippen molar-refractivity contribution in [1.29, 1.82) is 0 Å². The fourth-order valence-corrected chi connectivity index (χ4v) is 1.55. The van der Waals surface area contributed by atoms with E-state index in [1.165, 1.54) is 25.3 Å². The number of amides is 1. The van der Waals surface area contributed by atoms with Crippen LogP contribution >= 0.6 is 0 Å². The van der Waals surface area contributed by atoms with Crippen LogP contribution in [0.2, 0.25) is 0 Å². The van der Waals surface area contributed by atoms with Crippen LogP contribution in [0.1, 0.15) is 32.4 Å². The number of aliphatic carboxylic acids is 1. The summed E-state index contributed by atoms with van der Waals surface area (Å²) in [5.41, 5.74) is -0.546. The van der Waals surface area contributed by atoms with Gasteiger partial charge in [0.15, 0.2) is 6.10 Å². The predicted molar refractivity (Wildman–Crippen MR) is 75.4 cm³/mol. The molecule has 3 N–H and O–H groups in total. The summed E-state index contributed by atoms with van der Waals surface area (Å²) < 4.78 is 10.1. The molecule has 0 aliphatic heterocycles. The molecule has 7 heteroatoms. The molecule has 116 valence electrons. The fourth-order valence-electron chi connectivity index (χ4n) is 1.55. The molecule has 0 fully saturated rings. The summed E-state index contributed by atoms with van der Waals surface area (Å²) >= 11 is 0. The molecule has 1 atom stereocenters. The first-order valence-electron chi connectivity index (χ1n) is 6.23. The number of carboxylic acids is 1. The number of methoxy groups -OCH3 is 1. The maximum absolute atomic E-state index is 11.7. The highest BCUT2D eigenvalue weighted by atomic mass is 16.6. The molecule has 0 aromatic heterocycles. The highest BCUT2D eigenvalue weighted by Crippen LogP contribution is 2.28. The van der Waals surface area contributed by atoms with Crippen LogP contribution in [0.3, 0.4) is 0 Å². The smallest absolute Gasteiger partial charge is 0.412 e. The largest absolute Gasteiger partial charge is 0.497 e. The third-order valence-corrected chi connectivity index (χ3v) is 2.42. The number of anilines is 1. The van der Waals surface area contributed by atoms with Crippen molar-refractivity contribution >= 4 is 17.7 Å². The second-order valence-corrected chi connectivity index (χ2v) is 5.32. The number of carbonyl (C=O) groups excluding carboxylic acids is 1. The average molecular weight is 297 g/mol. The summed E-state index contributed by atoms with van der Waals surface area (Å²) in [6, 6.07) is 4.31. The van der Waals surface area contributed by atoms with Gasteiger partial charge in [-0.05, 0) is 39.0 Å². The van der Waals surface area contributed by atoms with E-state index in [0.29, 0.717) is 5.75 Å². The van der Waals surface area contributed by atoms with Gasteiger partial charge in [-0.15, -0.1) is 0 Å². The Morgan fingerprint density at radius 1 is 1.29 bits per heavy atom. The van der Waals surface area contributed by atoms with E-state index in [4.69, 9.17) is 14.6 Å². The lowest BCUT2D eigenvalue weighted by molar-refractivity contribution is -0.146. The van der Waals surface area contributed by atoms with Gasteiger partial charge in [0.25, 0.3) is 0 Å². The molecular weight excluding hydrogens is 278 g/mol. The van der Waals surface area contributed by atoms with Crippen molar-refractivity contribution < 1.29 is 29.3 Å². The summed E-state index contributed by atoms with van der Waals surface area (Å²) in [6.45, 7) is 5.11. The van der Waals surface area contributed by atoms with Crippen molar-refractivity contribution in [2.75, 3.05) is 12.4 Å². The van der Waals surface area contributed by atoms with E-state index in [2.05, 4.69) is 5.32 Å². The summed E-state index contributed by atoms with van der Waals surface area (Å²) in [6.07, 6.45) is -2.53. The van der Waals surface area contributed by atoms with E-state index in [-0.39, 0.29) is 11.3 Å². The maximum atomic E-state index is 11.7. The number of ether oxygens (including phenoxy) is 2. The first kappa shape index (κ1) is 16.8. The zero-order valence-electron chi connectivity index (χ0n) is 12.3. The van der Waals surface area contributed by atoms with Crippen LogP contribution in [0.25, 0.3) is 0 Å². The van der Waals surface area contributed by atoms with Gasteiger partial charge in [-0.25, -0.2) is 9.59 Å². The molecule has 7 nitrogen and oxygen atoms in total. The first-order chi connectivity index (χ1) is 9.64. The number of hydrogen-bond donors (Lipinski definition) is 3. The molecule has 0 aliphatic carbocycles. The van der Waals surface area contributed by atoms with Gasteiger partial charge in [0.1, 0.15) is 11.4 Å². The number of hydrogen-bond acceptors (Lipinski definition) is 5. The van der Waals surface area contributed by atoms with Crippen LogP contribution in [-0.2, 0) is 9.53 Å². The minimum atomic E-state index is -1.79. The number of carboxylic acid groups (broad SMARTS) is 1. The van der Waals surface area contributed by atoms with Gasteiger partial charge in [0.05, 0.1) is 12.8 Å². The van der Waals surface area contributed by atoms with E-state index in [1.807, 2.05) is 0 Å². The maximum Gasteiger partial charge on any atom is 0.412 e. The molecule has 1 amide bonds. The van der Waals surface area contributed by atoms with Gasteiger partial charge in [-0.3, -0.25) is 5.32 Å². The standard InChI is InChI=1S/C14H19NO6/c1-14(2,3)21-13(19)15-10-6-5-8(20-4)7-9(10)11(16)12(17)18/h5-7,11,16H,1-4H3,(H,15,19)(H,17,18). The zero-order valence-corrected chi connectivity index (χ0v) is 12.3. The molecule has 0 aliphatic rings. The summed E-state index contributed by atoms with van der Waals surface area (Å²) in [5, 5.41) is 21.0. The normalized spacial score (nSPS) is 12.4. The van der Waals surface area contributed by atoms with E-state index in [9.17, 15) is 14.7 Å². The SMILES string of the molecule is COc1ccc(NC(=O)OC(C)(C)C)c(C(O)C(=O)O)c1. The molecule has 1 aromatic rings. The molecule has 1 unspecified atom stereocenters. The van der Waals surface area contributed by atoms with Gasteiger partial charge >= 0.3 is 12.1 Å². The number of aliphatic hydroxyl groups is 1. The average Bonchev–Trinajstić information content (AvgIpc) is 2.35. The highest BCUT2D eigenvalue weighted by Gasteiger charge is 2.23. The van der Waals surface area contributed by atoms with E-state index < -0.39 is 23.8 Å². The Kier molecular flexibility index (Phi) is 5.15. The topological polar surface area (TPSA) is 105 Å². The Morgan fingerprint density at radius 3 is 2.38 bits per heavy atom. The number of carbonyl (C=O) groups is 2. The van der Waals surface area contributed by atoms with Crippen molar-refractivity contribution in [3.63, 3.8) is 0 Å². The summed E-state index contributed by atoms with van der Waals surface area (Å²) in [5.74, 6) is -1.07. The molecule has 0 heterocycles. The van der Waals surface area contributed by atoms with Gasteiger partial charge in [0, 0.05) is 5.56 Å². The van der Waals surface area contributed by atoms with Crippen LogP contribution in [0.4, 0.5) is 10.5 Å². The number of nitrogens with one attached hydrogen (secondary N) is 1. The number of aliphatic hydroxyl groups excluding tert-OH is 1. The molecular formula is C14H19NO6. The Bertz CT molecular complexity index is 535. The lowest BCUT2D eigenvalue weighted by Gasteiger charge is -2.21. The van der Waals surface area contributed by atoms with Gasteiger partial charge < -0.3 is 19.7 Å². The van der Waals surface area contributed by atoms with E-state index in [1.54, 1.807) is 20.8 Å². The van der Waals surface area contributed by atoms with Gasteiger partial charge in [0.2, 0.25) is 0 Å². The van der Waals surface area contributed by atoms with Crippen molar-refractivity contribution in [1.82, 2.24) is 0 Å². The Labute approximate surface area is 122 Å². The molecule has 0 radical (unpaired) electrons. The highest BCUT2D eigenvalue weighted by molar-refractivity contribution is 5.88. The Morgan fingerprint density at radius 2 is 1.90 bits per heavy atom. The van der Waals surface area contributed by atoms with Crippen molar-refractivity contribution in [3.05, 3.63) is 23.8 Å². The molecule has 21 heavy (non-hydrogen) atoms. The van der Waals surface area contributed by atoms with Crippen molar-refractivity contribution in [2.24, 2.45) is 0 Å². The zero-order chi connectivity index (χ0) is 16.2. The van der Waals surface area contributed by atoms with Crippen molar-refractivity contribution in [2.45, 2.75) is 32.5 Å². The first-order valence-corrected chi connectivity index (χ1v) is 6.23. The summed E-state index contributed by atoms with van der Waals surface area (Å²) in [7, 11) is 1.41. The second kappa shape index (κ2) is 6.45.